The summed E-state index contributed by atoms with van der Waals surface area (Å²) in [7, 11) is 0. The number of carbonyl (C=O) groups is 1. The Kier molecular flexibility index (Phi) is 5.14. The van der Waals surface area contributed by atoms with E-state index in [0.717, 1.165) is 25.7 Å². The molecule has 7 nitrogen and oxygen atoms in total. The van der Waals surface area contributed by atoms with Gasteiger partial charge in [-0.1, -0.05) is 19.9 Å². The van der Waals surface area contributed by atoms with Gasteiger partial charge < -0.3 is 19.3 Å². The minimum atomic E-state index is -1.29. The quantitative estimate of drug-likeness (QED) is 0.707. The second-order valence-corrected chi connectivity index (χ2v) is 9.70. The summed E-state index contributed by atoms with van der Waals surface area (Å²) in [5.74, 6) is -2.00. The minimum Gasteiger partial charge on any atom is -0.478 e. The molecule has 170 valence electrons. The van der Waals surface area contributed by atoms with Crippen molar-refractivity contribution in [2.75, 3.05) is 0 Å². The van der Waals surface area contributed by atoms with Crippen molar-refractivity contribution in [3.63, 3.8) is 0 Å². The number of carboxylic acid groups (broad SMARTS) is 1. The number of benzene rings is 1. The molecule has 31 heavy (non-hydrogen) atoms. The lowest BCUT2D eigenvalue weighted by Gasteiger charge is -2.60. The lowest BCUT2D eigenvalue weighted by Crippen LogP contribution is -2.70. The number of aromatic carboxylic acids is 1. The average molecular weight is 436 g/mol. The molecule has 4 heterocycles. The van der Waals surface area contributed by atoms with E-state index in [1.54, 1.807) is 6.07 Å². The van der Waals surface area contributed by atoms with Crippen molar-refractivity contribution >= 4 is 5.97 Å². The monoisotopic (exact) mass is 436 g/mol. The van der Waals surface area contributed by atoms with Gasteiger partial charge in [0.1, 0.15) is 5.82 Å². The Balaban J connectivity index is 1.37. The summed E-state index contributed by atoms with van der Waals surface area (Å²) in [6.07, 6.45) is 2.61. The summed E-state index contributed by atoms with van der Waals surface area (Å²) in [5.41, 5.74) is -0.463. The first-order valence-electron chi connectivity index (χ1n) is 11.1. The fraction of sp³-hybridized carbons (Fsp3) is 0.696. The Bertz CT molecular complexity index is 877. The number of hydrogen-bond donors (Lipinski definition) is 1. The fourth-order valence-electron chi connectivity index (χ4n) is 6.06. The molecule has 1 aliphatic carbocycles. The summed E-state index contributed by atoms with van der Waals surface area (Å²) in [5, 5.41) is 9.00. The molecule has 0 unspecified atom stereocenters. The molecule has 2 bridgehead atoms. The highest BCUT2D eigenvalue weighted by molar-refractivity contribution is 5.87. The van der Waals surface area contributed by atoms with Gasteiger partial charge in [0, 0.05) is 18.3 Å². The van der Waals surface area contributed by atoms with E-state index < -0.39 is 35.8 Å². The molecule has 4 saturated heterocycles. The summed E-state index contributed by atoms with van der Waals surface area (Å²) < 4.78 is 32.7. The van der Waals surface area contributed by atoms with Crippen LogP contribution >= 0.6 is 0 Å². The van der Waals surface area contributed by atoms with Crippen molar-refractivity contribution in [1.82, 2.24) is 0 Å². The molecule has 1 aromatic rings. The van der Waals surface area contributed by atoms with Crippen molar-refractivity contribution < 1.29 is 38.3 Å². The van der Waals surface area contributed by atoms with E-state index in [2.05, 4.69) is 13.8 Å². The molecule has 6 rings (SSSR count). The van der Waals surface area contributed by atoms with Crippen LogP contribution < -0.4 is 0 Å². The zero-order chi connectivity index (χ0) is 22.0. The van der Waals surface area contributed by atoms with Gasteiger partial charge in [-0.25, -0.2) is 19.0 Å². The number of carboxylic acids is 1. The highest BCUT2D eigenvalue weighted by Gasteiger charge is 2.69. The minimum absolute atomic E-state index is 0.0176. The Morgan fingerprint density at radius 2 is 2.03 bits per heavy atom. The van der Waals surface area contributed by atoms with Crippen LogP contribution in [0, 0.1) is 29.5 Å². The van der Waals surface area contributed by atoms with Gasteiger partial charge in [0.15, 0.2) is 18.2 Å². The topological polar surface area (TPSA) is 83.5 Å². The number of fused-ring (bicyclic) bond motifs is 2. The highest BCUT2D eigenvalue weighted by Crippen LogP contribution is 2.60. The first-order chi connectivity index (χ1) is 14.7. The Hall–Kier alpha value is -1.58. The van der Waals surface area contributed by atoms with E-state index in [1.165, 1.54) is 12.1 Å². The molecule has 0 aromatic heterocycles. The third kappa shape index (κ3) is 3.31. The second-order valence-electron chi connectivity index (χ2n) is 9.70. The summed E-state index contributed by atoms with van der Waals surface area (Å²) in [6.45, 7) is 6.33. The molecule has 1 saturated carbocycles. The maximum absolute atomic E-state index is 14.0. The van der Waals surface area contributed by atoms with Crippen LogP contribution in [0.15, 0.2) is 18.2 Å². The first kappa shape index (κ1) is 21.3. The van der Waals surface area contributed by atoms with Crippen LogP contribution in [0.5, 0.6) is 0 Å². The SMILES string of the molecule is C[C@H]1[C@H](OCc2ccc(C(=O)O)c(F)c2)O[C@@H]2O[C@@]3(C)CC[C@H]4[C@H](C)CC[C@@H]1[C@@]24OO3. The van der Waals surface area contributed by atoms with Gasteiger partial charge in [0.05, 0.1) is 12.2 Å². The van der Waals surface area contributed by atoms with Gasteiger partial charge in [0.2, 0.25) is 5.79 Å². The zero-order valence-corrected chi connectivity index (χ0v) is 18.0. The number of ether oxygens (including phenoxy) is 3. The van der Waals surface area contributed by atoms with Gasteiger partial charge >= 0.3 is 5.97 Å². The molecular weight excluding hydrogens is 407 g/mol. The van der Waals surface area contributed by atoms with E-state index in [0.29, 0.717) is 11.5 Å². The van der Waals surface area contributed by atoms with E-state index in [-0.39, 0.29) is 29.9 Å². The van der Waals surface area contributed by atoms with Crippen LogP contribution in [-0.2, 0) is 30.6 Å². The fourth-order valence-corrected chi connectivity index (χ4v) is 6.06. The number of rotatable bonds is 4. The molecule has 8 heteroatoms. The van der Waals surface area contributed by atoms with Crippen LogP contribution in [0.4, 0.5) is 4.39 Å². The van der Waals surface area contributed by atoms with Gasteiger partial charge in [-0.05, 0) is 55.7 Å². The van der Waals surface area contributed by atoms with Gasteiger partial charge in [-0.3, -0.25) is 0 Å². The van der Waals surface area contributed by atoms with E-state index >= 15 is 0 Å². The number of halogens is 1. The largest absolute Gasteiger partial charge is 0.478 e. The lowest BCUT2D eigenvalue weighted by atomic mass is 9.58. The Labute approximate surface area is 180 Å². The smallest absolute Gasteiger partial charge is 0.338 e. The molecule has 1 aromatic carbocycles. The maximum Gasteiger partial charge on any atom is 0.338 e. The average Bonchev–Trinajstić information content (AvgIpc) is 2.95. The van der Waals surface area contributed by atoms with Gasteiger partial charge in [-0.15, -0.1) is 0 Å². The predicted molar refractivity (Wildman–Crippen MR) is 105 cm³/mol. The molecule has 5 fully saturated rings. The Morgan fingerprint density at radius 1 is 1.23 bits per heavy atom. The van der Waals surface area contributed by atoms with Crippen LogP contribution in [-0.4, -0.2) is 35.0 Å². The van der Waals surface area contributed by atoms with Crippen molar-refractivity contribution in [2.45, 2.75) is 77.0 Å². The predicted octanol–water partition coefficient (Wildman–Crippen LogP) is 4.25. The highest BCUT2D eigenvalue weighted by atomic mass is 19.1. The Morgan fingerprint density at radius 3 is 2.77 bits per heavy atom. The van der Waals surface area contributed by atoms with E-state index in [1.807, 2.05) is 6.92 Å². The van der Waals surface area contributed by atoms with Crippen LogP contribution in [0.3, 0.4) is 0 Å². The molecule has 8 atom stereocenters. The van der Waals surface area contributed by atoms with E-state index in [4.69, 9.17) is 29.1 Å². The molecule has 0 radical (unpaired) electrons. The second kappa shape index (κ2) is 7.49. The van der Waals surface area contributed by atoms with Crippen molar-refractivity contribution in [3.8, 4) is 0 Å². The normalized spacial score (nSPS) is 43.9. The summed E-state index contributed by atoms with van der Waals surface area (Å²) in [4.78, 5) is 22.9. The van der Waals surface area contributed by atoms with Crippen LogP contribution in [0.2, 0.25) is 0 Å². The summed E-state index contributed by atoms with van der Waals surface area (Å²) in [6, 6.07) is 4.00. The zero-order valence-electron chi connectivity index (χ0n) is 18.0. The van der Waals surface area contributed by atoms with Crippen molar-refractivity contribution in [1.29, 1.82) is 0 Å². The van der Waals surface area contributed by atoms with Crippen molar-refractivity contribution in [2.24, 2.45) is 23.7 Å². The maximum atomic E-state index is 14.0. The van der Waals surface area contributed by atoms with Gasteiger partial charge in [0.25, 0.3) is 0 Å². The van der Waals surface area contributed by atoms with E-state index in [9.17, 15) is 9.18 Å². The third-order valence-electron chi connectivity index (χ3n) is 7.78. The molecule has 1 spiro atoms. The molecule has 0 amide bonds. The number of hydrogen-bond acceptors (Lipinski definition) is 6. The van der Waals surface area contributed by atoms with Crippen LogP contribution in [0.25, 0.3) is 0 Å². The molecule has 5 aliphatic rings. The molecular formula is C23H29FO7. The molecule has 1 N–H and O–H groups in total. The van der Waals surface area contributed by atoms with Crippen molar-refractivity contribution in [3.05, 3.63) is 35.1 Å². The first-order valence-corrected chi connectivity index (χ1v) is 11.1. The van der Waals surface area contributed by atoms with Gasteiger partial charge in [-0.2, -0.15) is 0 Å². The summed E-state index contributed by atoms with van der Waals surface area (Å²) >= 11 is 0. The van der Waals surface area contributed by atoms with Crippen LogP contribution in [0.1, 0.15) is 62.4 Å². The standard InChI is InChI=1S/C23H29FO7/c1-12-4-7-17-13(2)20(27-11-14-5-6-15(19(25)26)18(24)10-14)28-21-23(17)16(12)8-9-22(3,29-21)30-31-23/h5-6,10,12-13,16-17,20-21H,4,7-9,11H2,1-3H3,(H,25,26)/t12-,13-,16+,17+,20-,21-,22-,23-/m1/s1. The molecule has 4 aliphatic heterocycles. The lowest BCUT2D eigenvalue weighted by molar-refractivity contribution is -0.577. The third-order valence-corrected chi connectivity index (χ3v) is 7.78.